The topological polar surface area (TPSA) is 64.3 Å². The van der Waals surface area contributed by atoms with Crippen molar-refractivity contribution in [1.29, 1.82) is 0 Å². The minimum atomic E-state index is -0.342. The van der Waals surface area contributed by atoms with E-state index in [0.29, 0.717) is 17.4 Å². The third-order valence-electron chi connectivity index (χ3n) is 3.88. The van der Waals surface area contributed by atoms with Crippen molar-refractivity contribution in [2.45, 2.75) is 24.9 Å². The van der Waals surface area contributed by atoms with E-state index in [-0.39, 0.29) is 30.8 Å². The summed E-state index contributed by atoms with van der Waals surface area (Å²) in [6.45, 7) is 0.483. The smallest absolute Gasteiger partial charge is 0.316 e. The molecule has 0 unspecified atom stereocenters. The lowest BCUT2D eigenvalue weighted by Crippen LogP contribution is -2.10. The molecule has 1 N–H and O–H groups in total. The number of ether oxygens (including phenoxy) is 1. The molecule has 0 aliphatic carbocycles. The third-order valence-corrected chi connectivity index (χ3v) is 4.84. The van der Waals surface area contributed by atoms with Gasteiger partial charge >= 0.3 is 5.97 Å². The van der Waals surface area contributed by atoms with Gasteiger partial charge < -0.3 is 14.4 Å². The van der Waals surface area contributed by atoms with Crippen molar-refractivity contribution in [3.8, 4) is 0 Å². The molecule has 0 bridgehead atoms. The molecular formula is C20H19FN2O3S. The van der Waals surface area contributed by atoms with E-state index >= 15 is 0 Å². The molecule has 140 valence electrons. The first-order chi connectivity index (χ1) is 13.2. The maximum atomic E-state index is 13.1. The van der Waals surface area contributed by atoms with Crippen molar-refractivity contribution >= 4 is 17.7 Å². The zero-order chi connectivity index (χ0) is 19.1. The Kier molecular flexibility index (Phi) is 6.62. The summed E-state index contributed by atoms with van der Waals surface area (Å²) in [6.07, 6.45) is 1.57. The van der Waals surface area contributed by atoms with Crippen molar-refractivity contribution in [1.82, 2.24) is 9.55 Å². The molecule has 3 rings (SSSR count). The van der Waals surface area contributed by atoms with Gasteiger partial charge in [0.05, 0.1) is 24.3 Å². The molecule has 1 aromatic heterocycles. The van der Waals surface area contributed by atoms with E-state index in [2.05, 4.69) is 4.98 Å². The number of thioether (sulfide) groups is 1. The van der Waals surface area contributed by atoms with Crippen LogP contribution in [0.5, 0.6) is 0 Å². The standard InChI is InChI=1S/C20H19FN2O3S/c21-17-8-6-15(7-9-17)11-23-18(12-24)10-22-20(23)27-14-19(25)26-13-16-4-2-1-3-5-16/h1-10,24H,11-14H2. The second kappa shape index (κ2) is 9.34. The van der Waals surface area contributed by atoms with Crippen molar-refractivity contribution in [3.63, 3.8) is 0 Å². The Morgan fingerprint density at radius 3 is 2.56 bits per heavy atom. The van der Waals surface area contributed by atoms with Crippen LogP contribution >= 0.6 is 11.8 Å². The van der Waals surface area contributed by atoms with E-state index < -0.39 is 0 Å². The number of benzene rings is 2. The Balaban J connectivity index is 1.60. The summed E-state index contributed by atoms with van der Waals surface area (Å²) in [7, 11) is 0. The van der Waals surface area contributed by atoms with Gasteiger partial charge in [-0.15, -0.1) is 0 Å². The Morgan fingerprint density at radius 2 is 1.85 bits per heavy atom. The molecule has 2 aromatic carbocycles. The average molecular weight is 386 g/mol. The molecule has 0 amide bonds. The number of carbonyl (C=O) groups excluding carboxylic acids is 1. The lowest BCUT2D eigenvalue weighted by atomic mass is 10.2. The summed E-state index contributed by atoms with van der Waals surface area (Å²) in [6, 6.07) is 15.6. The van der Waals surface area contributed by atoms with E-state index in [1.54, 1.807) is 18.3 Å². The number of carbonyl (C=O) groups is 1. The number of aromatic nitrogens is 2. The van der Waals surface area contributed by atoms with Gasteiger partial charge in [-0.2, -0.15) is 0 Å². The number of imidazole rings is 1. The minimum Gasteiger partial charge on any atom is -0.460 e. The van der Waals surface area contributed by atoms with Gasteiger partial charge in [-0.1, -0.05) is 54.2 Å². The second-order valence-corrected chi connectivity index (χ2v) is 6.78. The van der Waals surface area contributed by atoms with Crippen molar-refractivity contribution < 1.29 is 19.0 Å². The van der Waals surface area contributed by atoms with Crippen LogP contribution in [0.1, 0.15) is 16.8 Å². The van der Waals surface area contributed by atoms with Crippen LogP contribution in [-0.2, 0) is 29.3 Å². The normalized spacial score (nSPS) is 10.7. The Bertz CT molecular complexity index is 882. The molecule has 1 heterocycles. The summed E-state index contributed by atoms with van der Waals surface area (Å²) >= 11 is 1.24. The van der Waals surface area contributed by atoms with E-state index in [4.69, 9.17) is 4.74 Å². The molecule has 3 aromatic rings. The maximum absolute atomic E-state index is 13.1. The first-order valence-corrected chi connectivity index (χ1v) is 9.36. The quantitative estimate of drug-likeness (QED) is 0.475. The van der Waals surface area contributed by atoms with Crippen LogP contribution < -0.4 is 0 Å². The predicted molar refractivity (Wildman–Crippen MR) is 101 cm³/mol. The van der Waals surface area contributed by atoms with Gasteiger partial charge in [-0.05, 0) is 23.3 Å². The number of aliphatic hydroxyl groups excluding tert-OH is 1. The van der Waals surface area contributed by atoms with Crippen LogP contribution in [0.4, 0.5) is 4.39 Å². The number of halogens is 1. The number of hydrogen-bond donors (Lipinski definition) is 1. The average Bonchev–Trinajstić information content (AvgIpc) is 3.09. The van der Waals surface area contributed by atoms with Gasteiger partial charge in [0.25, 0.3) is 0 Å². The van der Waals surface area contributed by atoms with E-state index in [1.165, 1.54) is 23.9 Å². The summed E-state index contributed by atoms with van der Waals surface area (Å²) in [5.41, 5.74) is 2.42. The lowest BCUT2D eigenvalue weighted by Gasteiger charge is -2.11. The Labute approximate surface area is 160 Å². The van der Waals surface area contributed by atoms with Crippen LogP contribution in [0.15, 0.2) is 66.0 Å². The monoisotopic (exact) mass is 386 g/mol. The Morgan fingerprint density at radius 1 is 1.11 bits per heavy atom. The van der Waals surface area contributed by atoms with Crippen molar-refractivity contribution in [2.24, 2.45) is 0 Å². The fourth-order valence-electron chi connectivity index (χ4n) is 2.48. The van der Waals surface area contributed by atoms with Gasteiger partial charge in [0, 0.05) is 6.54 Å². The molecule has 5 nitrogen and oxygen atoms in total. The molecule has 0 aliphatic heterocycles. The van der Waals surface area contributed by atoms with Gasteiger partial charge in [0.1, 0.15) is 12.4 Å². The van der Waals surface area contributed by atoms with E-state index in [9.17, 15) is 14.3 Å². The zero-order valence-corrected chi connectivity index (χ0v) is 15.4. The number of hydrogen-bond acceptors (Lipinski definition) is 5. The van der Waals surface area contributed by atoms with Crippen molar-refractivity contribution in [3.05, 3.63) is 83.4 Å². The molecule has 0 saturated carbocycles. The molecule has 0 radical (unpaired) electrons. The van der Waals surface area contributed by atoms with E-state index in [0.717, 1.165) is 11.1 Å². The summed E-state index contributed by atoms with van der Waals surface area (Å²) in [4.78, 5) is 16.3. The predicted octanol–water partition coefficient (Wildman–Crippen LogP) is 3.40. The van der Waals surface area contributed by atoms with Gasteiger partial charge in [-0.25, -0.2) is 9.37 Å². The highest BCUT2D eigenvalue weighted by molar-refractivity contribution is 7.99. The highest BCUT2D eigenvalue weighted by Gasteiger charge is 2.13. The molecule has 0 spiro atoms. The van der Waals surface area contributed by atoms with Crippen LogP contribution in [0.3, 0.4) is 0 Å². The molecular weight excluding hydrogens is 367 g/mol. The number of aliphatic hydroxyl groups is 1. The fraction of sp³-hybridized carbons (Fsp3) is 0.200. The number of nitrogens with zero attached hydrogens (tertiary/aromatic N) is 2. The zero-order valence-electron chi connectivity index (χ0n) is 14.5. The number of rotatable bonds is 8. The van der Waals surface area contributed by atoms with Crippen LogP contribution in [0.2, 0.25) is 0 Å². The lowest BCUT2D eigenvalue weighted by molar-refractivity contribution is -0.141. The summed E-state index contributed by atoms with van der Waals surface area (Å²) in [5.74, 6) is -0.536. The van der Waals surface area contributed by atoms with Crippen molar-refractivity contribution in [2.75, 3.05) is 5.75 Å². The van der Waals surface area contributed by atoms with Crippen LogP contribution in [-0.4, -0.2) is 26.4 Å². The first-order valence-electron chi connectivity index (χ1n) is 8.38. The highest BCUT2D eigenvalue weighted by Crippen LogP contribution is 2.21. The molecule has 0 atom stereocenters. The molecule has 7 heteroatoms. The summed E-state index contributed by atoms with van der Waals surface area (Å²) in [5, 5.41) is 10.1. The maximum Gasteiger partial charge on any atom is 0.316 e. The van der Waals surface area contributed by atoms with Gasteiger partial charge in [0.15, 0.2) is 5.16 Å². The number of esters is 1. The van der Waals surface area contributed by atoms with Crippen LogP contribution in [0.25, 0.3) is 0 Å². The molecule has 27 heavy (non-hydrogen) atoms. The van der Waals surface area contributed by atoms with Gasteiger partial charge in [0.2, 0.25) is 0 Å². The van der Waals surface area contributed by atoms with Crippen LogP contribution in [0, 0.1) is 5.82 Å². The Hall–Kier alpha value is -2.64. The highest BCUT2D eigenvalue weighted by atomic mass is 32.2. The molecule has 0 saturated heterocycles. The molecule has 0 aliphatic rings. The fourth-order valence-corrected chi connectivity index (χ4v) is 3.27. The first kappa shape index (κ1) is 19.1. The SMILES string of the molecule is O=C(CSc1ncc(CO)n1Cc1ccc(F)cc1)OCc1ccccc1. The van der Waals surface area contributed by atoms with E-state index in [1.807, 2.05) is 34.9 Å². The largest absolute Gasteiger partial charge is 0.460 e. The minimum absolute atomic E-state index is 0.109. The third kappa shape index (κ3) is 5.42. The van der Waals surface area contributed by atoms with Gasteiger partial charge in [-0.3, -0.25) is 4.79 Å². The second-order valence-electron chi connectivity index (χ2n) is 5.84. The summed E-state index contributed by atoms with van der Waals surface area (Å²) < 4.78 is 20.2. The molecule has 0 fully saturated rings.